The quantitative estimate of drug-likeness (QED) is 0.752. The van der Waals surface area contributed by atoms with E-state index in [1.807, 2.05) is 0 Å². The van der Waals surface area contributed by atoms with Crippen molar-refractivity contribution < 1.29 is 4.74 Å². The number of benzene rings is 1. The lowest BCUT2D eigenvalue weighted by Gasteiger charge is -2.21. The summed E-state index contributed by atoms with van der Waals surface area (Å²) in [5.74, 6) is 0.988. The van der Waals surface area contributed by atoms with Crippen molar-refractivity contribution in [2.75, 3.05) is 41.3 Å². The van der Waals surface area contributed by atoms with Gasteiger partial charge in [0.2, 0.25) is 0 Å². The van der Waals surface area contributed by atoms with E-state index in [4.69, 9.17) is 4.74 Å². The van der Waals surface area contributed by atoms with Gasteiger partial charge in [-0.1, -0.05) is 6.07 Å². The minimum atomic E-state index is 0.748. The van der Waals surface area contributed by atoms with Crippen LogP contribution in [-0.4, -0.2) is 57.2 Å². The van der Waals surface area contributed by atoms with Gasteiger partial charge in [0.05, 0.1) is 7.11 Å². The summed E-state index contributed by atoms with van der Waals surface area (Å²) in [6.07, 6.45) is 2.66. The van der Waals surface area contributed by atoms with E-state index >= 15 is 0 Å². The summed E-state index contributed by atoms with van der Waals surface area (Å²) in [4.78, 5) is 4.56. The molecular weight excluding hydrogens is 262 g/mol. The van der Waals surface area contributed by atoms with Crippen LogP contribution < -0.4 is 10.1 Å². The zero-order valence-electron chi connectivity index (χ0n) is 13.9. The van der Waals surface area contributed by atoms with E-state index in [1.54, 1.807) is 7.11 Å². The predicted molar refractivity (Wildman–Crippen MR) is 87.7 cm³/mol. The standard InChI is InChI=1S/C17H29N3O/c1-19(2)9-10-20(3)13-15-11-14(5-8-17(15)21-4)12-18-16-6-7-16/h5,8,11,16,18H,6-7,9-10,12-13H2,1-4H3. The van der Waals surface area contributed by atoms with Crippen LogP contribution in [0.25, 0.3) is 0 Å². The first-order valence-electron chi connectivity index (χ1n) is 7.81. The number of nitrogens with zero attached hydrogens (tertiary/aromatic N) is 2. The molecule has 1 aliphatic carbocycles. The fourth-order valence-electron chi connectivity index (χ4n) is 2.36. The van der Waals surface area contributed by atoms with Crippen LogP contribution in [0.1, 0.15) is 24.0 Å². The molecule has 0 saturated heterocycles. The molecule has 1 aliphatic rings. The Labute approximate surface area is 129 Å². The highest BCUT2D eigenvalue weighted by Crippen LogP contribution is 2.23. The van der Waals surface area contributed by atoms with Gasteiger partial charge in [-0.25, -0.2) is 0 Å². The average Bonchev–Trinajstić information content (AvgIpc) is 3.27. The summed E-state index contributed by atoms with van der Waals surface area (Å²) in [7, 11) is 8.13. The molecule has 0 atom stereocenters. The number of likely N-dealkylation sites (N-methyl/N-ethyl adjacent to an activating group) is 2. The Morgan fingerprint density at radius 2 is 1.95 bits per heavy atom. The molecule has 21 heavy (non-hydrogen) atoms. The van der Waals surface area contributed by atoms with E-state index < -0.39 is 0 Å². The Morgan fingerprint density at radius 1 is 1.19 bits per heavy atom. The van der Waals surface area contributed by atoms with Crippen molar-refractivity contribution in [2.45, 2.75) is 32.0 Å². The molecular formula is C17H29N3O. The minimum Gasteiger partial charge on any atom is -0.496 e. The van der Waals surface area contributed by atoms with Crippen molar-refractivity contribution in [3.8, 4) is 5.75 Å². The highest BCUT2D eigenvalue weighted by Gasteiger charge is 2.20. The highest BCUT2D eigenvalue weighted by molar-refractivity contribution is 5.37. The molecule has 0 spiro atoms. The largest absolute Gasteiger partial charge is 0.496 e. The molecule has 0 amide bonds. The molecule has 4 heteroatoms. The summed E-state index contributed by atoms with van der Waals surface area (Å²) in [5.41, 5.74) is 2.62. The molecule has 1 saturated carbocycles. The van der Waals surface area contributed by atoms with E-state index in [0.717, 1.165) is 38.0 Å². The minimum absolute atomic E-state index is 0.748. The van der Waals surface area contributed by atoms with Gasteiger partial charge >= 0.3 is 0 Å². The van der Waals surface area contributed by atoms with Crippen LogP contribution in [0.2, 0.25) is 0 Å². The first-order valence-corrected chi connectivity index (χ1v) is 7.81. The molecule has 0 unspecified atom stereocenters. The van der Waals surface area contributed by atoms with Gasteiger partial charge in [-0.05, 0) is 51.7 Å². The average molecular weight is 291 g/mol. The zero-order valence-corrected chi connectivity index (χ0v) is 13.9. The van der Waals surface area contributed by atoms with Gasteiger partial charge < -0.3 is 19.9 Å². The lowest BCUT2D eigenvalue weighted by molar-refractivity contribution is 0.272. The smallest absolute Gasteiger partial charge is 0.123 e. The first-order chi connectivity index (χ1) is 10.1. The lowest BCUT2D eigenvalue weighted by Crippen LogP contribution is -2.28. The van der Waals surface area contributed by atoms with Crippen molar-refractivity contribution in [1.29, 1.82) is 0 Å². The number of methoxy groups -OCH3 is 1. The Kier molecular flexibility index (Phi) is 6.03. The Morgan fingerprint density at radius 3 is 2.57 bits per heavy atom. The number of hydrogen-bond acceptors (Lipinski definition) is 4. The van der Waals surface area contributed by atoms with Crippen LogP contribution in [0.3, 0.4) is 0 Å². The second-order valence-electron chi connectivity index (χ2n) is 6.34. The van der Waals surface area contributed by atoms with Crippen molar-refractivity contribution >= 4 is 0 Å². The molecule has 118 valence electrons. The van der Waals surface area contributed by atoms with Gasteiger partial charge in [-0.3, -0.25) is 0 Å². The third kappa shape index (κ3) is 5.65. The van der Waals surface area contributed by atoms with Gasteiger partial charge in [0.15, 0.2) is 0 Å². The van der Waals surface area contributed by atoms with Crippen molar-refractivity contribution in [2.24, 2.45) is 0 Å². The molecule has 2 rings (SSSR count). The maximum Gasteiger partial charge on any atom is 0.123 e. The molecule has 1 aromatic rings. The molecule has 0 aliphatic heterocycles. The third-order valence-corrected chi connectivity index (χ3v) is 3.89. The van der Waals surface area contributed by atoms with E-state index in [0.29, 0.717) is 0 Å². The topological polar surface area (TPSA) is 27.7 Å². The molecule has 1 aromatic carbocycles. The molecule has 4 nitrogen and oxygen atoms in total. The van der Waals surface area contributed by atoms with Crippen LogP contribution in [-0.2, 0) is 13.1 Å². The number of nitrogens with one attached hydrogen (secondary N) is 1. The van der Waals surface area contributed by atoms with Gasteiger partial charge in [0.1, 0.15) is 5.75 Å². The van der Waals surface area contributed by atoms with E-state index in [9.17, 15) is 0 Å². The summed E-state index contributed by atoms with van der Waals surface area (Å²) in [6, 6.07) is 7.29. The van der Waals surface area contributed by atoms with E-state index in [1.165, 1.54) is 24.0 Å². The highest BCUT2D eigenvalue weighted by atomic mass is 16.5. The van der Waals surface area contributed by atoms with Gasteiger partial charge in [0, 0.05) is 37.8 Å². The first kappa shape index (κ1) is 16.3. The summed E-state index contributed by atoms with van der Waals surface area (Å²) in [5, 5.41) is 3.57. The SMILES string of the molecule is COc1ccc(CNC2CC2)cc1CN(C)CCN(C)C. The van der Waals surface area contributed by atoms with Crippen molar-refractivity contribution in [3.63, 3.8) is 0 Å². The Hall–Kier alpha value is -1.10. The molecule has 0 bridgehead atoms. The molecule has 0 aromatic heterocycles. The van der Waals surface area contributed by atoms with Crippen molar-refractivity contribution in [1.82, 2.24) is 15.1 Å². The second kappa shape index (κ2) is 7.78. The van der Waals surface area contributed by atoms with Crippen LogP contribution in [0, 0.1) is 0 Å². The third-order valence-electron chi connectivity index (χ3n) is 3.89. The normalized spacial score (nSPS) is 15.0. The fraction of sp³-hybridized carbons (Fsp3) is 0.647. The number of rotatable bonds is 9. The predicted octanol–water partition coefficient (Wildman–Crippen LogP) is 1.94. The van der Waals surface area contributed by atoms with Gasteiger partial charge in [-0.2, -0.15) is 0 Å². The van der Waals surface area contributed by atoms with Crippen LogP contribution in [0.5, 0.6) is 5.75 Å². The Balaban J connectivity index is 1.95. The fourth-order valence-corrected chi connectivity index (χ4v) is 2.36. The van der Waals surface area contributed by atoms with Crippen LogP contribution >= 0.6 is 0 Å². The maximum absolute atomic E-state index is 5.51. The molecule has 0 radical (unpaired) electrons. The van der Waals surface area contributed by atoms with Crippen molar-refractivity contribution in [3.05, 3.63) is 29.3 Å². The number of hydrogen-bond donors (Lipinski definition) is 1. The number of ether oxygens (including phenoxy) is 1. The van der Waals surface area contributed by atoms with Crippen LogP contribution in [0.15, 0.2) is 18.2 Å². The lowest BCUT2D eigenvalue weighted by atomic mass is 10.1. The van der Waals surface area contributed by atoms with Crippen LogP contribution in [0.4, 0.5) is 0 Å². The zero-order chi connectivity index (χ0) is 15.2. The summed E-state index contributed by atoms with van der Waals surface area (Å²) in [6.45, 7) is 4.01. The van der Waals surface area contributed by atoms with E-state index in [2.05, 4.69) is 54.5 Å². The van der Waals surface area contributed by atoms with Gasteiger partial charge in [0.25, 0.3) is 0 Å². The molecule has 1 N–H and O–H groups in total. The Bertz CT molecular complexity index is 444. The van der Waals surface area contributed by atoms with E-state index in [-0.39, 0.29) is 0 Å². The second-order valence-corrected chi connectivity index (χ2v) is 6.34. The monoisotopic (exact) mass is 291 g/mol. The molecule has 0 heterocycles. The summed E-state index contributed by atoms with van der Waals surface area (Å²) < 4.78 is 5.51. The van der Waals surface area contributed by atoms with Gasteiger partial charge in [-0.15, -0.1) is 0 Å². The summed E-state index contributed by atoms with van der Waals surface area (Å²) >= 11 is 0. The maximum atomic E-state index is 5.51. The molecule has 1 fully saturated rings.